The van der Waals surface area contributed by atoms with Crippen LogP contribution in [0.3, 0.4) is 0 Å². The monoisotopic (exact) mass is 679 g/mol. The molecule has 0 aromatic carbocycles. The van der Waals surface area contributed by atoms with Gasteiger partial charge in [-0.25, -0.2) is 0 Å². The molecule has 0 N–H and O–H groups in total. The standard InChI is InChI=1S/C22H44O2.C22H42O2/c2*1-3-5-7-8-9-10-11-12-13-14-15-16-17-18-19-20-22(23)24-21-6-4-2/h3-21H2,1-2H3;12-13H,3-11,14-21H2,1-2H3/b;13-12-. The summed E-state index contributed by atoms with van der Waals surface area (Å²) in [5.41, 5.74) is 0. The second kappa shape index (κ2) is 45.7. The lowest BCUT2D eigenvalue weighted by Gasteiger charge is -2.04. The van der Waals surface area contributed by atoms with Crippen LogP contribution in [-0.4, -0.2) is 25.2 Å². The predicted molar refractivity (Wildman–Crippen MR) is 211 cm³/mol. The Bertz CT molecular complexity index is 644. The van der Waals surface area contributed by atoms with Gasteiger partial charge in [-0.2, -0.15) is 0 Å². The third-order valence-corrected chi connectivity index (χ3v) is 9.15. The number of hydrogen-bond donors (Lipinski definition) is 0. The third kappa shape index (κ3) is 46.8. The van der Waals surface area contributed by atoms with E-state index in [1.807, 2.05) is 0 Å². The van der Waals surface area contributed by atoms with Gasteiger partial charge in [0.2, 0.25) is 0 Å². The molecule has 0 aromatic heterocycles. The van der Waals surface area contributed by atoms with Crippen LogP contribution in [0.1, 0.15) is 246 Å². The summed E-state index contributed by atoms with van der Waals surface area (Å²) in [6.45, 7) is 9.97. The maximum absolute atomic E-state index is 11.4. The Labute approximate surface area is 301 Å². The molecule has 286 valence electrons. The highest BCUT2D eigenvalue weighted by atomic mass is 16.5. The van der Waals surface area contributed by atoms with Crippen molar-refractivity contribution in [2.24, 2.45) is 0 Å². The van der Waals surface area contributed by atoms with E-state index in [2.05, 4.69) is 39.8 Å². The summed E-state index contributed by atoms with van der Waals surface area (Å²) >= 11 is 0. The molecule has 0 aliphatic carbocycles. The first-order chi connectivity index (χ1) is 23.6. The first kappa shape index (κ1) is 48.8. The van der Waals surface area contributed by atoms with E-state index < -0.39 is 0 Å². The maximum atomic E-state index is 11.4. The molecule has 4 nitrogen and oxygen atoms in total. The second-order valence-corrected chi connectivity index (χ2v) is 14.2. The molecule has 0 saturated carbocycles. The smallest absolute Gasteiger partial charge is 0.305 e. The van der Waals surface area contributed by atoms with E-state index in [4.69, 9.17) is 9.47 Å². The van der Waals surface area contributed by atoms with Gasteiger partial charge in [-0.3, -0.25) is 9.59 Å². The molecule has 48 heavy (non-hydrogen) atoms. The molecular weight excluding hydrogens is 592 g/mol. The number of carbonyl (C=O) groups excluding carboxylic acids is 2. The minimum atomic E-state index is -0.0129. The predicted octanol–water partition coefficient (Wildman–Crippen LogP) is 15.0. The highest BCUT2D eigenvalue weighted by Crippen LogP contribution is 2.14. The Morgan fingerprint density at radius 1 is 0.333 bits per heavy atom. The van der Waals surface area contributed by atoms with E-state index in [-0.39, 0.29) is 11.9 Å². The molecule has 0 fully saturated rings. The van der Waals surface area contributed by atoms with Gasteiger partial charge >= 0.3 is 11.9 Å². The molecule has 4 heteroatoms. The van der Waals surface area contributed by atoms with Crippen LogP contribution in [0.25, 0.3) is 0 Å². The summed E-state index contributed by atoms with van der Waals surface area (Å²) in [5, 5.41) is 0. The Hall–Kier alpha value is -1.32. The summed E-state index contributed by atoms with van der Waals surface area (Å²) in [5.74, 6) is -0.0146. The lowest BCUT2D eigenvalue weighted by molar-refractivity contribution is -0.144. The van der Waals surface area contributed by atoms with Crippen molar-refractivity contribution in [1.82, 2.24) is 0 Å². The van der Waals surface area contributed by atoms with Crippen LogP contribution in [0, 0.1) is 0 Å². The van der Waals surface area contributed by atoms with Crippen molar-refractivity contribution in [3.8, 4) is 0 Å². The average Bonchev–Trinajstić information content (AvgIpc) is 3.08. The second-order valence-electron chi connectivity index (χ2n) is 14.2. The van der Waals surface area contributed by atoms with Crippen LogP contribution in [-0.2, 0) is 19.1 Å². The summed E-state index contributed by atoms with van der Waals surface area (Å²) in [7, 11) is 0. The molecule has 0 aliphatic heterocycles. The van der Waals surface area contributed by atoms with E-state index in [0.717, 1.165) is 44.9 Å². The lowest BCUT2D eigenvalue weighted by atomic mass is 10.0. The van der Waals surface area contributed by atoms with Crippen molar-refractivity contribution in [3.63, 3.8) is 0 Å². The van der Waals surface area contributed by atoms with E-state index in [1.54, 1.807) is 0 Å². The molecule has 0 rings (SSSR count). The molecular formula is C44H86O4. The molecule has 0 spiro atoms. The molecule has 0 unspecified atom stereocenters. The van der Waals surface area contributed by atoms with Gasteiger partial charge in [0.1, 0.15) is 0 Å². The Kier molecular flexibility index (Phi) is 46.4. The van der Waals surface area contributed by atoms with Crippen molar-refractivity contribution in [3.05, 3.63) is 12.2 Å². The number of ether oxygens (including phenoxy) is 2. The van der Waals surface area contributed by atoms with Crippen LogP contribution in [0.4, 0.5) is 0 Å². The van der Waals surface area contributed by atoms with Crippen LogP contribution < -0.4 is 0 Å². The fourth-order valence-electron chi connectivity index (χ4n) is 5.79. The van der Waals surface area contributed by atoms with Gasteiger partial charge in [0, 0.05) is 12.8 Å². The topological polar surface area (TPSA) is 52.6 Å². The van der Waals surface area contributed by atoms with E-state index in [1.165, 1.54) is 161 Å². The van der Waals surface area contributed by atoms with Crippen LogP contribution >= 0.6 is 0 Å². The van der Waals surface area contributed by atoms with Gasteiger partial charge in [-0.05, 0) is 51.4 Å². The van der Waals surface area contributed by atoms with Gasteiger partial charge in [0.05, 0.1) is 13.2 Å². The molecule has 0 heterocycles. The van der Waals surface area contributed by atoms with Crippen molar-refractivity contribution < 1.29 is 19.1 Å². The third-order valence-electron chi connectivity index (χ3n) is 9.15. The Morgan fingerprint density at radius 2 is 0.583 bits per heavy atom. The van der Waals surface area contributed by atoms with Gasteiger partial charge in [0.15, 0.2) is 0 Å². The normalized spacial score (nSPS) is 11.1. The SMILES string of the molecule is CCCCCCCC/C=C\CCCCCCCC(=O)OCCCC.CCCCCCCCCCCCCCCCCC(=O)OCCCC. The van der Waals surface area contributed by atoms with Gasteiger partial charge in [-0.1, -0.05) is 194 Å². The highest BCUT2D eigenvalue weighted by molar-refractivity contribution is 5.69. The molecule has 0 radical (unpaired) electrons. The van der Waals surface area contributed by atoms with Crippen molar-refractivity contribution >= 4 is 11.9 Å². The van der Waals surface area contributed by atoms with E-state index >= 15 is 0 Å². The molecule has 0 saturated heterocycles. The van der Waals surface area contributed by atoms with E-state index in [0.29, 0.717) is 26.1 Å². The molecule has 0 amide bonds. The zero-order valence-electron chi connectivity index (χ0n) is 33.2. The lowest BCUT2D eigenvalue weighted by Crippen LogP contribution is -2.05. The molecule has 0 aliphatic rings. The van der Waals surface area contributed by atoms with E-state index in [9.17, 15) is 9.59 Å². The number of hydrogen-bond acceptors (Lipinski definition) is 4. The van der Waals surface area contributed by atoms with Crippen molar-refractivity contribution in [2.45, 2.75) is 246 Å². The first-order valence-electron chi connectivity index (χ1n) is 21.6. The minimum Gasteiger partial charge on any atom is -0.466 e. The Morgan fingerprint density at radius 3 is 0.875 bits per heavy atom. The highest BCUT2D eigenvalue weighted by Gasteiger charge is 2.03. The Balaban J connectivity index is 0. The fraction of sp³-hybridized carbons (Fsp3) is 0.909. The zero-order chi connectivity index (χ0) is 35.4. The number of rotatable bonds is 37. The van der Waals surface area contributed by atoms with Gasteiger partial charge in [-0.15, -0.1) is 0 Å². The molecule has 0 atom stereocenters. The number of esters is 2. The minimum absolute atomic E-state index is 0.00172. The summed E-state index contributed by atoms with van der Waals surface area (Å²) in [6, 6.07) is 0. The molecule has 0 bridgehead atoms. The number of allylic oxidation sites excluding steroid dienone is 2. The van der Waals surface area contributed by atoms with Crippen LogP contribution in [0.15, 0.2) is 12.2 Å². The maximum Gasteiger partial charge on any atom is 0.305 e. The zero-order valence-corrected chi connectivity index (χ0v) is 33.2. The number of unbranched alkanes of at least 4 members (excludes halogenated alkanes) is 27. The largest absolute Gasteiger partial charge is 0.466 e. The average molecular weight is 679 g/mol. The summed E-state index contributed by atoms with van der Waals surface area (Å²) in [6.07, 6.45) is 47.2. The van der Waals surface area contributed by atoms with Crippen LogP contribution in [0.2, 0.25) is 0 Å². The van der Waals surface area contributed by atoms with Gasteiger partial charge < -0.3 is 9.47 Å². The number of carbonyl (C=O) groups is 2. The van der Waals surface area contributed by atoms with Gasteiger partial charge in [0.25, 0.3) is 0 Å². The summed E-state index contributed by atoms with van der Waals surface area (Å²) in [4.78, 5) is 22.8. The molecule has 0 aromatic rings. The van der Waals surface area contributed by atoms with Crippen molar-refractivity contribution in [1.29, 1.82) is 0 Å². The fourth-order valence-corrected chi connectivity index (χ4v) is 5.79. The van der Waals surface area contributed by atoms with Crippen molar-refractivity contribution in [2.75, 3.05) is 13.2 Å². The van der Waals surface area contributed by atoms with Crippen LogP contribution in [0.5, 0.6) is 0 Å². The first-order valence-corrected chi connectivity index (χ1v) is 21.6. The summed E-state index contributed by atoms with van der Waals surface area (Å²) < 4.78 is 10.3. The quantitative estimate of drug-likeness (QED) is 0.0373.